The molecule has 0 saturated carbocycles. The van der Waals surface area contributed by atoms with Crippen LogP contribution in [0.5, 0.6) is 0 Å². The number of benzene rings is 1. The van der Waals surface area contributed by atoms with Crippen molar-refractivity contribution >= 4 is 34.6 Å². The lowest BCUT2D eigenvalue weighted by atomic mass is 10.0. The van der Waals surface area contributed by atoms with Gasteiger partial charge in [-0.3, -0.25) is 4.79 Å². The smallest absolute Gasteiger partial charge is 0.256 e. The number of fused-ring (bicyclic) bond motifs is 1. The number of thiophene rings is 1. The first-order valence-corrected chi connectivity index (χ1v) is 6.66. The summed E-state index contributed by atoms with van der Waals surface area (Å²) in [5, 5.41) is 2.91. The highest BCUT2D eigenvalue weighted by molar-refractivity contribution is 7.12. The van der Waals surface area contributed by atoms with Crippen molar-refractivity contribution in [3.8, 4) is 0 Å². The second-order valence-corrected chi connectivity index (χ2v) is 5.78. The molecule has 90 valence electrons. The zero-order valence-electron chi connectivity index (χ0n) is 10.3. The molecule has 1 aromatic carbocycles. The topological polar surface area (TPSA) is 29.1 Å². The highest BCUT2D eigenvalue weighted by Crippen LogP contribution is 2.36. The summed E-state index contributed by atoms with van der Waals surface area (Å²) in [6, 6.07) is 10.1. The van der Waals surface area contributed by atoms with Crippen LogP contribution in [0.1, 0.15) is 20.9 Å². The predicted molar refractivity (Wildman–Crippen MR) is 76.7 cm³/mol. The molecule has 0 saturated heterocycles. The first-order chi connectivity index (χ1) is 8.65. The number of hydrogen-bond acceptors (Lipinski definition) is 2. The molecule has 0 radical (unpaired) electrons. The monoisotopic (exact) mass is 255 g/mol. The molecule has 18 heavy (non-hydrogen) atoms. The Morgan fingerprint density at radius 2 is 2.00 bits per heavy atom. The summed E-state index contributed by atoms with van der Waals surface area (Å²) >= 11 is 1.70. The van der Waals surface area contributed by atoms with Gasteiger partial charge in [0.2, 0.25) is 0 Å². The first-order valence-electron chi connectivity index (χ1n) is 5.84. The minimum atomic E-state index is -0.00893. The minimum absolute atomic E-state index is 0.00893. The van der Waals surface area contributed by atoms with Crippen molar-refractivity contribution in [3.63, 3.8) is 0 Å². The molecule has 2 nitrogen and oxygen atoms in total. The third-order valence-electron chi connectivity index (χ3n) is 3.08. The van der Waals surface area contributed by atoms with E-state index in [2.05, 4.69) is 24.4 Å². The normalized spacial score (nSPS) is 15.9. The van der Waals surface area contributed by atoms with Crippen LogP contribution in [-0.2, 0) is 4.79 Å². The number of nitrogens with one attached hydrogen (secondary N) is 1. The van der Waals surface area contributed by atoms with Crippen molar-refractivity contribution < 1.29 is 4.79 Å². The third-order valence-corrected chi connectivity index (χ3v) is 4.03. The van der Waals surface area contributed by atoms with Crippen LogP contribution in [0.25, 0.3) is 11.6 Å². The Balaban J connectivity index is 2.14. The van der Waals surface area contributed by atoms with Crippen molar-refractivity contribution in [1.29, 1.82) is 0 Å². The van der Waals surface area contributed by atoms with Crippen LogP contribution in [0.2, 0.25) is 0 Å². The largest absolute Gasteiger partial charge is 0.321 e. The van der Waals surface area contributed by atoms with Crippen LogP contribution in [0.15, 0.2) is 30.3 Å². The average molecular weight is 255 g/mol. The van der Waals surface area contributed by atoms with Crippen molar-refractivity contribution in [2.75, 3.05) is 5.32 Å². The van der Waals surface area contributed by atoms with E-state index in [1.807, 2.05) is 31.2 Å². The summed E-state index contributed by atoms with van der Waals surface area (Å²) in [4.78, 5) is 14.4. The number of anilines is 1. The van der Waals surface area contributed by atoms with E-state index in [-0.39, 0.29) is 5.91 Å². The lowest BCUT2D eigenvalue weighted by Gasteiger charge is -2.02. The molecule has 1 aliphatic heterocycles. The standard InChI is InChI=1S/C15H13NOS/c1-9-4-3-5-13-14(9)12(15(17)16-13)8-11-7-6-10(2)18-11/h3-8H,1-2H3,(H,16,17). The van der Waals surface area contributed by atoms with Crippen LogP contribution in [0.3, 0.4) is 0 Å². The average Bonchev–Trinajstić information content (AvgIpc) is 2.85. The molecule has 1 amide bonds. The molecule has 2 heterocycles. The van der Waals surface area contributed by atoms with E-state index in [4.69, 9.17) is 0 Å². The minimum Gasteiger partial charge on any atom is -0.321 e. The van der Waals surface area contributed by atoms with E-state index >= 15 is 0 Å². The zero-order valence-corrected chi connectivity index (χ0v) is 11.1. The Hall–Kier alpha value is -1.87. The number of aryl methyl sites for hydroxylation is 2. The maximum atomic E-state index is 12.0. The maximum Gasteiger partial charge on any atom is 0.256 e. The van der Waals surface area contributed by atoms with E-state index in [1.165, 1.54) is 4.88 Å². The molecule has 1 aromatic heterocycles. The van der Waals surface area contributed by atoms with Gasteiger partial charge in [0.1, 0.15) is 0 Å². The molecular formula is C15H13NOS. The van der Waals surface area contributed by atoms with Gasteiger partial charge in [-0.15, -0.1) is 11.3 Å². The Bertz CT molecular complexity index is 667. The number of amides is 1. The van der Waals surface area contributed by atoms with Gasteiger partial charge < -0.3 is 5.32 Å². The van der Waals surface area contributed by atoms with Crippen molar-refractivity contribution in [1.82, 2.24) is 0 Å². The highest BCUT2D eigenvalue weighted by atomic mass is 32.1. The molecule has 2 aromatic rings. The molecule has 0 aliphatic carbocycles. The third kappa shape index (κ3) is 1.77. The molecule has 0 spiro atoms. The van der Waals surface area contributed by atoms with E-state index in [0.29, 0.717) is 0 Å². The van der Waals surface area contributed by atoms with Gasteiger partial charge in [0.15, 0.2) is 0 Å². The molecule has 3 rings (SSSR count). The van der Waals surface area contributed by atoms with Crippen LogP contribution >= 0.6 is 11.3 Å². The number of carbonyl (C=O) groups excluding carboxylic acids is 1. The summed E-state index contributed by atoms with van der Waals surface area (Å²) in [5.41, 5.74) is 3.85. The lowest BCUT2D eigenvalue weighted by molar-refractivity contribution is -0.110. The molecule has 0 unspecified atom stereocenters. The second-order valence-electron chi connectivity index (χ2n) is 4.46. The Kier molecular flexibility index (Phi) is 2.56. The Morgan fingerprint density at radius 3 is 2.72 bits per heavy atom. The van der Waals surface area contributed by atoms with Gasteiger partial charge in [-0.2, -0.15) is 0 Å². The summed E-state index contributed by atoms with van der Waals surface area (Å²) in [7, 11) is 0. The number of hydrogen-bond donors (Lipinski definition) is 1. The molecule has 1 aliphatic rings. The van der Waals surface area contributed by atoms with Crippen molar-refractivity contribution in [3.05, 3.63) is 51.2 Å². The van der Waals surface area contributed by atoms with Crippen LogP contribution < -0.4 is 5.32 Å². The fourth-order valence-corrected chi connectivity index (χ4v) is 3.06. The van der Waals surface area contributed by atoms with Crippen LogP contribution in [0.4, 0.5) is 5.69 Å². The second kappa shape index (κ2) is 4.10. The molecular weight excluding hydrogens is 242 g/mol. The summed E-state index contributed by atoms with van der Waals surface area (Å²) in [5.74, 6) is -0.00893. The molecule has 1 N–H and O–H groups in total. The van der Waals surface area contributed by atoms with Gasteiger partial charge in [0, 0.05) is 21.0 Å². The quantitative estimate of drug-likeness (QED) is 0.770. The van der Waals surface area contributed by atoms with E-state index in [1.54, 1.807) is 11.3 Å². The van der Waals surface area contributed by atoms with E-state index in [9.17, 15) is 4.79 Å². The van der Waals surface area contributed by atoms with E-state index in [0.717, 1.165) is 27.3 Å². The summed E-state index contributed by atoms with van der Waals surface area (Å²) in [6.45, 7) is 4.10. The molecule has 3 heteroatoms. The highest BCUT2D eigenvalue weighted by Gasteiger charge is 2.25. The fraction of sp³-hybridized carbons (Fsp3) is 0.133. The van der Waals surface area contributed by atoms with Gasteiger partial charge in [0.05, 0.1) is 5.57 Å². The van der Waals surface area contributed by atoms with Gasteiger partial charge in [-0.25, -0.2) is 0 Å². The van der Waals surface area contributed by atoms with Crippen LogP contribution in [-0.4, -0.2) is 5.91 Å². The number of rotatable bonds is 1. The number of carbonyl (C=O) groups is 1. The summed E-state index contributed by atoms with van der Waals surface area (Å²) in [6.07, 6.45) is 1.98. The first kappa shape index (κ1) is 11.2. The predicted octanol–water partition coefficient (Wildman–Crippen LogP) is 3.86. The maximum absolute atomic E-state index is 12.0. The Morgan fingerprint density at radius 1 is 1.17 bits per heavy atom. The Labute approximate surface area is 110 Å². The van der Waals surface area contributed by atoms with Crippen molar-refractivity contribution in [2.24, 2.45) is 0 Å². The van der Waals surface area contributed by atoms with Crippen LogP contribution in [0, 0.1) is 13.8 Å². The van der Waals surface area contributed by atoms with Gasteiger partial charge >= 0.3 is 0 Å². The lowest BCUT2D eigenvalue weighted by Crippen LogP contribution is -2.03. The molecule has 0 fully saturated rings. The van der Waals surface area contributed by atoms with Gasteiger partial charge in [-0.1, -0.05) is 12.1 Å². The summed E-state index contributed by atoms with van der Waals surface area (Å²) < 4.78 is 0. The zero-order chi connectivity index (χ0) is 12.7. The molecule has 0 atom stereocenters. The van der Waals surface area contributed by atoms with E-state index < -0.39 is 0 Å². The van der Waals surface area contributed by atoms with Gasteiger partial charge in [-0.05, 0) is 43.7 Å². The molecule has 0 bridgehead atoms. The SMILES string of the molecule is Cc1ccc(C=C2C(=O)Nc3cccc(C)c32)s1. The van der Waals surface area contributed by atoms with Crippen molar-refractivity contribution in [2.45, 2.75) is 13.8 Å². The van der Waals surface area contributed by atoms with Gasteiger partial charge in [0.25, 0.3) is 5.91 Å². The fourth-order valence-electron chi connectivity index (χ4n) is 2.24.